The fourth-order valence-corrected chi connectivity index (χ4v) is 2.44. The minimum absolute atomic E-state index is 0.246. The zero-order valence-electron chi connectivity index (χ0n) is 14.3. The maximum Gasteiger partial charge on any atom is 0.254 e. The van der Waals surface area contributed by atoms with Crippen molar-refractivity contribution in [2.75, 3.05) is 13.7 Å². The number of ether oxygens (including phenoxy) is 1. The van der Waals surface area contributed by atoms with Gasteiger partial charge in [-0.2, -0.15) is 0 Å². The fraction of sp³-hybridized carbons (Fsp3) is 0.150. The molecule has 0 atom stereocenters. The van der Waals surface area contributed by atoms with E-state index in [2.05, 4.69) is 15.3 Å². The van der Waals surface area contributed by atoms with E-state index in [0.29, 0.717) is 29.9 Å². The van der Waals surface area contributed by atoms with Gasteiger partial charge in [0.05, 0.1) is 12.7 Å². The highest BCUT2D eigenvalue weighted by atomic mass is 19.1. The number of halogens is 1. The molecule has 1 amide bonds. The van der Waals surface area contributed by atoms with Gasteiger partial charge in [-0.1, -0.05) is 24.3 Å². The number of aromatic nitrogens is 2. The molecule has 0 fully saturated rings. The number of hydrogen-bond acceptors (Lipinski definition) is 4. The minimum Gasteiger partial charge on any atom is -0.497 e. The average Bonchev–Trinajstić information content (AvgIpc) is 2.68. The summed E-state index contributed by atoms with van der Waals surface area (Å²) in [5, 5.41) is 2.83. The van der Waals surface area contributed by atoms with Crippen LogP contribution in [-0.4, -0.2) is 29.5 Å². The van der Waals surface area contributed by atoms with Crippen LogP contribution in [0.25, 0.3) is 11.4 Å². The Morgan fingerprint density at radius 2 is 1.85 bits per heavy atom. The predicted molar refractivity (Wildman–Crippen MR) is 96.5 cm³/mol. The summed E-state index contributed by atoms with van der Waals surface area (Å²) in [4.78, 5) is 20.5. The summed E-state index contributed by atoms with van der Waals surface area (Å²) in [6, 6.07) is 13.7. The summed E-state index contributed by atoms with van der Waals surface area (Å²) < 4.78 is 18.4. The van der Waals surface area contributed by atoms with Crippen molar-refractivity contribution in [1.82, 2.24) is 15.3 Å². The van der Waals surface area contributed by atoms with Crippen LogP contribution in [0.1, 0.15) is 15.9 Å². The molecule has 0 bridgehead atoms. The molecule has 3 rings (SSSR count). The van der Waals surface area contributed by atoms with Crippen LogP contribution in [0.5, 0.6) is 5.75 Å². The average molecular weight is 351 g/mol. The second-order valence-corrected chi connectivity index (χ2v) is 5.66. The van der Waals surface area contributed by atoms with Gasteiger partial charge in [-0.25, -0.2) is 14.4 Å². The molecule has 2 aromatic carbocycles. The Morgan fingerprint density at radius 1 is 1.12 bits per heavy atom. The number of amides is 1. The largest absolute Gasteiger partial charge is 0.497 e. The van der Waals surface area contributed by atoms with E-state index in [1.54, 1.807) is 19.2 Å². The normalized spacial score (nSPS) is 10.4. The topological polar surface area (TPSA) is 64.1 Å². The molecule has 26 heavy (non-hydrogen) atoms. The maximum absolute atomic E-state index is 13.3. The monoisotopic (exact) mass is 351 g/mol. The molecule has 0 aliphatic carbocycles. The number of carbonyl (C=O) groups excluding carboxylic acids is 1. The van der Waals surface area contributed by atoms with Gasteiger partial charge in [0, 0.05) is 24.5 Å². The number of nitrogens with zero attached hydrogens (tertiary/aromatic N) is 2. The standard InChI is InChI=1S/C20H18FN3O2/c1-26-18-7-5-14(6-8-18)9-10-22-20(25)16-12-23-19(24-13-16)15-3-2-4-17(21)11-15/h2-8,11-13H,9-10H2,1H3,(H,22,25). The van der Waals surface area contributed by atoms with Gasteiger partial charge in [0.25, 0.3) is 5.91 Å². The Balaban J connectivity index is 1.56. The summed E-state index contributed by atoms with van der Waals surface area (Å²) in [6.45, 7) is 0.497. The lowest BCUT2D eigenvalue weighted by molar-refractivity contribution is 0.0953. The van der Waals surface area contributed by atoms with Crippen LogP contribution in [0, 0.1) is 5.82 Å². The molecular formula is C20H18FN3O2. The highest BCUT2D eigenvalue weighted by Gasteiger charge is 2.08. The van der Waals surface area contributed by atoms with Crippen molar-refractivity contribution in [3.63, 3.8) is 0 Å². The third kappa shape index (κ3) is 4.42. The maximum atomic E-state index is 13.3. The van der Waals surface area contributed by atoms with Crippen LogP contribution in [0.3, 0.4) is 0 Å². The number of hydrogen-bond donors (Lipinski definition) is 1. The van der Waals surface area contributed by atoms with Gasteiger partial charge in [-0.3, -0.25) is 4.79 Å². The van der Waals surface area contributed by atoms with E-state index in [1.807, 2.05) is 24.3 Å². The van der Waals surface area contributed by atoms with Crippen LogP contribution < -0.4 is 10.1 Å². The second-order valence-electron chi connectivity index (χ2n) is 5.66. The van der Waals surface area contributed by atoms with Crippen LogP contribution in [0.4, 0.5) is 4.39 Å². The Morgan fingerprint density at radius 3 is 2.50 bits per heavy atom. The van der Waals surface area contributed by atoms with Crippen molar-refractivity contribution in [3.8, 4) is 17.1 Å². The predicted octanol–water partition coefficient (Wildman–Crippen LogP) is 3.26. The molecule has 0 saturated carbocycles. The summed E-state index contributed by atoms with van der Waals surface area (Å²) in [5.41, 5.74) is 2.03. The van der Waals surface area contributed by atoms with E-state index in [9.17, 15) is 9.18 Å². The third-order valence-electron chi connectivity index (χ3n) is 3.86. The van der Waals surface area contributed by atoms with Crippen LogP contribution in [0.15, 0.2) is 60.9 Å². The van der Waals surface area contributed by atoms with Crippen molar-refractivity contribution < 1.29 is 13.9 Å². The highest BCUT2D eigenvalue weighted by Crippen LogP contribution is 2.15. The molecule has 5 nitrogen and oxygen atoms in total. The Bertz CT molecular complexity index is 880. The van der Waals surface area contributed by atoms with Crippen molar-refractivity contribution in [2.45, 2.75) is 6.42 Å². The molecule has 0 aliphatic heterocycles. The first-order valence-electron chi connectivity index (χ1n) is 8.15. The Labute approximate surface area is 150 Å². The lowest BCUT2D eigenvalue weighted by atomic mass is 10.1. The van der Waals surface area contributed by atoms with E-state index in [-0.39, 0.29) is 11.7 Å². The molecule has 132 valence electrons. The summed E-state index contributed by atoms with van der Waals surface area (Å²) >= 11 is 0. The van der Waals surface area contributed by atoms with E-state index >= 15 is 0 Å². The SMILES string of the molecule is COc1ccc(CCNC(=O)c2cnc(-c3cccc(F)c3)nc2)cc1. The molecule has 0 unspecified atom stereocenters. The lowest BCUT2D eigenvalue weighted by Gasteiger charge is -2.06. The first-order chi connectivity index (χ1) is 12.7. The molecule has 3 aromatic rings. The van der Waals surface area contributed by atoms with E-state index in [1.165, 1.54) is 24.5 Å². The molecule has 0 spiro atoms. The number of carbonyl (C=O) groups is 1. The van der Waals surface area contributed by atoms with Crippen LogP contribution in [0.2, 0.25) is 0 Å². The zero-order valence-corrected chi connectivity index (χ0v) is 14.3. The van der Waals surface area contributed by atoms with Gasteiger partial charge in [0.1, 0.15) is 11.6 Å². The number of rotatable bonds is 6. The molecule has 1 aromatic heterocycles. The van der Waals surface area contributed by atoms with Crippen molar-refractivity contribution >= 4 is 5.91 Å². The van der Waals surface area contributed by atoms with Gasteiger partial charge < -0.3 is 10.1 Å². The van der Waals surface area contributed by atoms with Crippen LogP contribution >= 0.6 is 0 Å². The third-order valence-corrected chi connectivity index (χ3v) is 3.86. The fourth-order valence-electron chi connectivity index (χ4n) is 2.44. The number of nitrogens with one attached hydrogen (secondary N) is 1. The molecule has 1 heterocycles. The molecule has 1 N–H and O–H groups in total. The van der Waals surface area contributed by atoms with Gasteiger partial charge in [-0.05, 0) is 36.2 Å². The van der Waals surface area contributed by atoms with Crippen molar-refractivity contribution in [2.24, 2.45) is 0 Å². The molecule has 0 saturated heterocycles. The van der Waals surface area contributed by atoms with Gasteiger partial charge in [0.15, 0.2) is 5.82 Å². The molecule has 0 radical (unpaired) electrons. The lowest BCUT2D eigenvalue weighted by Crippen LogP contribution is -2.26. The van der Waals surface area contributed by atoms with Crippen molar-refractivity contribution in [3.05, 3.63) is 77.9 Å². The summed E-state index contributed by atoms with van der Waals surface area (Å²) in [7, 11) is 1.62. The number of benzene rings is 2. The minimum atomic E-state index is -0.355. The van der Waals surface area contributed by atoms with Gasteiger partial charge in [-0.15, -0.1) is 0 Å². The van der Waals surface area contributed by atoms with Crippen LogP contribution in [-0.2, 0) is 6.42 Å². The zero-order chi connectivity index (χ0) is 18.4. The first-order valence-corrected chi connectivity index (χ1v) is 8.15. The second kappa shape index (κ2) is 8.20. The summed E-state index contributed by atoms with van der Waals surface area (Å²) in [5.74, 6) is 0.573. The Hall–Kier alpha value is -3.28. The van der Waals surface area contributed by atoms with Gasteiger partial charge in [0.2, 0.25) is 0 Å². The quantitative estimate of drug-likeness (QED) is 0.740. The molecule has 6 heteroatoms. The molecule has 0 aliphatic rings. The highest BCUT2D eigenvalue weighted by molar-refractivity contribution is 5.93. The number of methoxy groups -OCH3 is 1. The first kappa shape index (κ1) is 17.5. The smallest absolute Gasteiger partial charge is 0.254 e. The van der Waals surface area contributed by atoms with Gasteiger partial charge >= 0.3 is 0 Å². The summed E-state index contributed by atoms with van der Waals surface area (Å²) in [6.07, 6.45) is 3.59. The Kier molecular flexibility index (Phi) is 5.53. The van der Waals surface area contributed by atoms with E-state index in [0.717, 1.165) is 11.3 Å². The van der Waals surface area contributed by atoms with E-state index in [4.69, 9.17) is 4.74 Å². The van der Waals surface area contributed by atoms with Crippen molar-refractivity contribution in [1.29, 1.82) is 0 Å². The van der Waals surface area contributed by atoms with E-state index < -0.39 is 0 Å². The molecular weight excluding hydrogens is 333 g/mol.